The average molecular weight is 310 g/mol. The molecule has 0 aliphatic rings. The molecular formula is C15H36NOPS. The summed E-state index contributed by atoms with van der Waals surface area (Å²) in [6.45, 7) is 12.2. The SMILES string of the molecule is C.CSCCCCCCOP(C)N(C(C)C)C(C)C. The molecule has 0 amide bonds. The Hall–Kier alpha value is 0.700. The van der Waals surface area contributed by atoms with Crippen molar-refractivity contribution in [1.29, 1.82) is 0 Å². The van der Waals surface area contributed by atoms with Gasteiger partial charge < -0.3 is 4.52 Å². The lowest BCUT2D eigenvalue weighted by molar-refractivity contribution is 0.252. The summed E-state index contributed by atoms with van der Waals surface area (Å²) in [5.74, 6) is 1.30. The van der Waals surface area contributed by atoms with Crippen molar-refractivity contribution in [3.05, 3.63) is 0 Å². The van der Waals surface area contributed by atoms with E-state index in [9.17, 15) is 0 Å². The van der Waals surface area contributed by atoms with Crippen molar-refractivity contribution < 1.29 is 4.52 Å². The topological polar surface area (TPSA) is 12.5 Å². The normalized spacial score (nSPS) is 13.1. The molecule has 4 heteroatoms. The molecule has 0 spiro atoms. The third-order valence-electron chi connectivity index (χ3n) is 2.90. The minimum Gasteiger partial charge on any atom is -0.344 e. The average Bonchev–Trinajstić information content (AvgIpc) is 2.26. The van der Waals surface area contributed by atoms with E-state index < -0.39 is 8.30 Å². The summed E-state index contributed by atoms with van der Waals surface area (Å²) in [7, 11) is -0.421. The van der Waals surface area contributed by atoms with Crippen LogP contribution in [0.1, 0.15) is 60.8 Å². The van der Waals surface area contributed by atoms with Gasteiger partial charge in [0.25, 0.3) is 0 Å². The third-order valence-corrected chi connectivity index (χ3v) is 5.73. The summed E-state index contributed by atoms with van der Waals surface area (Å²) in [6, 6.07) is 1.14. The van der Waals surface area contributed by atoms with E-state index in [1.807, 2.05) is 11.8 Å². The van der Waals surface area contributed by atoms with Crippen molar-refractivity contribution in [2.45, 2.75) is 72.9 Å². The molecule has 0 aliphatic carbocycles. The van der Waals surface area contributed by atoms with Gasteiger partial charge >= 0.3 is 0 Å². The molecule has 0 aromatic heterocycles. The molecular weight excluding hydrogens is 273 g/mol. The van der Waals surface area contributed by atoms with Gasteiger partial charge in [0.1, 0.15) is 8.30 Å². The Kier molecular flexibility index (Phi) is 15.8. The van der Waals surface area contributed by atoms with Crippen LogP contribution in [0.5, 0.6) is 0 Å². The Morgan fingerprint density at radius 2 is 1.53 bits per heavy atom. The minimum atomic E-state index is -0.421. The van der Waals surface area contributed by atoms with Crippen molar-refractivity contribution in [3.63, 3.8) is 0 Å². The van der Waals surface area contributed by atoms with Crippen LogP contribution in [0.25, 0.3) is 0 Å². The molecule has 0 radical (unpaired) electrons. The first-order valence-corrected chi connectivity index (χ1v) is 10.2. The zero-order valence-corrected chi connectivity index (χ0v) is 14.8. The minimum absolute atomic E-state index is 0. The van der Waals surface area contributed by atoms with E-state index in [0.717, 1.165) is 6.61 Å². The van der Waals surface area contributed by atoms with Crippen molar-refractivity contribution >= 4 is 20.1 Å². The van der Waals surface area contributed by atoms with Crippen LogP contribution in [-0.4, -0.2) is 42.0 Å². The number of rotatable bonds is 11. The number of hydrogen-bond donors (Lipinski definition) is 0. The second-order valence-electron chi connectivity index (χ2n) is 5.27. The van der Waals surface area contributed by atoms with Crippen LogP contribution >= 0.6 is 20.1 Å². The summed E-state index contributed by atoms with van der Waals surface area (Å²) in [6.07, 6.45) is 7.41. The van der Waals surface area contributed by atoms with Crippen LogP contribution in [0.4, 0.5) is 0 Å². The molecule has 1 unspecified atom stereocenters. The van der Waals surface area contributed by atoms with Crippen LogP contribution in [0, 0.1) is 0 Å². The molecule has 2 nitrogen and oxygen atoms in total. The Labute approximate surface area is 127 Å². The largest absolute Gasteiger partial charge is 0.344 e. The second kappa shape index (κ2) is 13.7. The molecule has 0 bridgehead atoms. The Morgan fingerprint density at radius 1 is 1.00 bits per heavy atom. The summed E-state index contributed by atoms with van der Waals surface area (Å²) >= 11 is 1.95. The fourth-order valence-electron chi connectivity index (χ4n) is 2.21. The maximum atomic E-state index is 6.02. The van der Waals surface area contributed by atoms with Gasteiger partial charge in [-0.3, -0.25) is 4.67 Å². The molecule has 1 atom stereocenters. The first-order valence-electron chi connectivity index (χ1n) is 7.14. The van der Waals surface area contributed by atoms with Gasteiger partial charge in [0, 0.05) is 12.1 Å². The maximum Gasteiger partial charge on any atom is 0.101 e. The van der Waals surface area contributed by atoms with Gasteiger partial charge in [0.15, 0.2) is 0 Å². The summed E-state index contributed by atoms with van der Waals surface area (Å²) in [4.78, 5) is 0. The van der Waals surface area contributed by atoms with Gasteiger partial charge in [-0.1, -0.05) is 20.3 Å². The third kappa shape index (κ3) is 11.1. The molecule has 0 N–H and O–H groups in total. The zero-order valence-electron chi connectivity index (χ0n) is 13.1. The fourth-order valence-corrected chi connectivity index (χ4v) is 4.53. The summed E-state index contributed by atoms with van der Waals surface area (Å²) < 4.78 is 8.51. The molecule has 0 heterocycles. The predicted molar refractivity (Wildman–Crippen MR) is 94.5 cm³/mol. The van der Waals surface area contributed by atoms with Crippen molar-refractivity contribution in [2.75, 3.05) is 25.3 Å². The quantitative estimate of drug-likeness (QED) is 0.363. The molecule has 118 valence electrons. The van der Waals surface area contributed by atoms with Crippen molar-refractivity contribution in [2.24, 2.45) is 0 Å². The lowest BCUT2D eigenvalue weighted by Gasteiger charge is -2.35. The highest BCUT2D eigenvalue weighted by Crippen LogP contribution is 2.40. The second-order valence-corrected chi connectivity index (χ2v) is 7.91. The maximum absolute atomic E-state index is 6.02. The first-order chi connectivity index (χ1) is 8.50. The van der Waals surface area contributed by atoms with Crippen LogP contribution in [0.15, 0.2) is 0 Å². The smallest absolute Gasteiger partial charge is 0.101 e. The highest BCUT2D eigenvalue weighted by Gasteiger charge is 2.20. The van der Waals surface area contributed by atoms with E-state index >= 15 is 0 Å². The summed E-state index contributed by atoms with van der Waals surface area (Å²) in [5.41, 5.74) is 0. The van der Waals surface area contributed by atoms with E-state index in [2.05, 4.69) is 45.3 Å². The molecule has 0 aromatic rings. The molecule has 0 aliphatic heterocycles. The Balaban J connectivity index is 0. The molecule has 0 aromatic carbocycles. The van der Waals surface area contributed by atoms with E-state index in [0.29, 0.717) is 12.1 Å². The monoisotopic (exact) mass is 309 g/mol. The first kappa shape index (κ1) is 22.0. The Bertz CT molecular complexity index is 183. The standard InChI is InChI=1S/C14H32NOPS.CH4/c1-13(2)15(14(3)4)17(5)16-11-9-7-8-10-12-18-6;/h13-14H,7-12H2,1-6H3;1H4. The predicted octanol–water partition coefficient (Wildman–Crippen LogP) is 5.62. The van der Waals surface area contributed by atoms with Gasteiger partial charge in [0.05, 0.1) is 6.61 Å². The van der Waals surface area contributed by atoms with Crippen LogP contribution in [0.3, 0.4) is 0 Å². The molecule has 0 saturated heterocycles. The molecule has 0 rings (SSSR count). The lowest BCUT2D eigenvalue weighted by atomic mass is 10.2. The molecule has 0 fully saturated rings. The van der Waals surface area contributed by atoms with Gasteiger partial charge in [-0.05, 0) is 59.2 Å². The fraction of sp³-hybridized carbons (Fsp3) is 1.00. The van der Waals surface area contributed by atoms with Crippen LogP contribution in [0.2, 0.25) is 0 Å². The van der Waals surface area contributed by atoms with Gasteiger partial charge in [-0.15, -0.1) is 0 Å². The highest BCUT2D eigenvalue weighted by molar-refractivity contribution is 7.98. The summed E-state index contributed by atoms with van der Waals surface area (Å²) in [5, 5.41) is 0. The number of nitrogens with zero attached hydrogens (tertiary/aromatic N) is 1. The van der Waals surface area contributed by atoms with Crippen LogP contribution < -0.4 is 0 Å². The van der Waals surface area contributed by atoms with E-state index in [1.54, 1.807) is 0 Å². The van der Waals surface area contributed by atoms with Gasteiger partial charge in [0.2, 0.25) is 0 Å². The Morgan fingerprint density at radius 3 is 2.00 bits per heavy atom. The number of thioether (sulfide) groups is 1. The van der Waals surface area contributed by atoms with E-state index in [1.165, 1.54) is 31.4 Å². The van der Waals surface area contributed by atoms with Crippen molar-refractivity contribution in [1.82, 2.24) is 4.67 Å². The van der Waals surface area contributed by atoms with Gasteiger partial charge in [-0.25, -0.2) is 0 Å². The number of unbranched alkanes of at least 4 members (excludes halogenated alkanes) is 3. The molecule has 19 heavy (non-hydrogen) atoms. The van der Waals surface area contributed by atoms with Crippen LogP contribution in [-0.2, 0) is 4.52 Å². The van der Waals surface area contributed by atoms with Crippen molar-refractivity contribution in [3.8, 4) is 0 Å². The van der Waals surface area contributed by atoms with E-state index in [4.69, 9.17) is 4.52 Å². The number of hydrogen-bond acceptors (Lipinski definition) is 3. The van der Waals surface area contributed by atoms with E-state index in [-0.39, 0.29) is 7.43 Å². The molecule has 0 saturated carbocycles. The highest BCUT2D eigenvalue weighted by atomic mass is 32.2. The lowest BCUT2D eigenvalue weighted by Crippen LogP contribution is -2.32. The zero-order chi connectivity index (χ0) is 14.0. The van der Waals surface area contributed by atoms with Gasteiger partial charge in [-0.2, -0.15) is 11.8 Å².